The Balaban J connectivity index is 1.63. The molecule has 2 N–H and O–H groups in total. The molecule has 1 aliphatic rings. The zero-order valence-corrected chi connectivity index (χ0v) is 19.1. The number of pyridine rings is 1. The van der Waals surface area contributed by atoms with Crippen LogP contribution in [0.2, 0.25) is 0 Å². The number of esters is 1. The first-order chi connectivity index (χ1) is 16.6. The van der Waals surface area contributed by atoms with E-state index in [1.165, 1.54) is 7.11 Å². The van der Waals surface area contributed by atoms with Crippen LogP contribution in [0, 0.1) is 0 Å². The summed E-state index contributed by atoms with van der Waals surface area (Å²) in [4.78, 5) is 18.4. The van der Waals surface area contributed by atoms with Crippen LogP contribution < -0.4 is 10.2 Å². The fourth-order valence-electron chi connectivity index (χ4n) is 4.33. The number of anilines is 1. The van der Waals surface area contributed by atoms with Crippen molar-refractivity contribution in [2.75, 3.05) is 12.0 Å². The van der Waals surface area contributed by atoms with E-state index in [4.69, 9.17) is 17.0 Å². The average molecular weight is 471 g/mol. The molecule has 1 fully saturated rings. The van der Waals surface area contributed by atoms with Crippen LogP contribution in [0.25, 0.3) is 5.69 Å². The number of ether oxygens (including phenoxy) is 1. The smallest absolute Gasteiger partial charge is 0.337 e. The molecular weight excluding hydrogens is 448 g/mol. The number of rotatable bonds is 5. The molecular formula is C26H22N4O3S. The number of phenolic OH excluding ortho intramolecular Hbond substituents is 1. The summed E-state index contributed by atoms with van der Waals surface area (Å²) in [6.07, 6.45) is 3.71. The van der Waals surface area contributed by atoms with Gasteiger partial charge in [-0.3, -0.25) is 4.98 Å². The topological polar surface area (TPSA) is 79.6 Å². The molecule has 34 heavy (non-hydrogen) atoms. The van der Waals surface area contributed by atoms with E-state index in [9.17, 15) is 9.90 Å². The van der Waals surface area contributed by atoms with Crippen molar-refractivity contribution in [2.45, 2.75) is 12.1 Å². The molecule has 0 saturated carbocycles. The molecule has 0 spiro atoms. The van der Waals surface area contributed by atoms with E-state index in [-0.39, 0.29) is 23.8 Å². The van der Waals surface area contributed by atoms with Crippen molar-refractivity contribution in [2.24, 2.45) is 0 Å². The maximum atomic E-state index is 11.9. The second-order valence-corrected chi connectivity index (χ2v) is 8.21. The summed E-state index contributed by atoms with van der Waals surface area (Å²) in [6.45, 7) is 0. The number of aromatic nitrogens is 2. The minimum atomic E-state index is -0.384. The minimum Gasteiger partial charge on any atom is -0.506 e. The van der Waals surface area contributed by atoms with Gasteiger partial charge in [-0.1, -0.05) is 18.2 Å². The number of carbonyl (C=O) groups is 1. The van der Waals surface area contributed by atoms with Crippen LogP contribution in [0.1, 0.15) is 33.8 Å². The molecule has 2 unspecified atom stereocenters. The van der Waals surface area contributed by atoms with Gasteiger partial charge in [0.2, 0.25) is 0 Å². The van der Waals surface area contributed by atoms with Gasteiger partial charge in [-0.05, 0) is 72.9 Å². The third-order valence-corrected chi connectivity index (χ3v) is 6.20. The third-order valence-electron chi connectivity index (χ3n) is 5.89. The Labute approximate surface area is 202 Å². The maximum Gasteiger partial charge on any atom is 0.337 e. The summed E-state index contributed by atoms with van der Waals surface area (Å²) in [6, 6.07) is 23.6. The predicted octanol–water partition coefficient (Wildman–Crippen LogP) is 4.54. The van der Waals surface area contributed by atoms with Crippen molar-refractivity contribution in [1.29, 1.82) is 0 Å². The fourth-order valence-corrected chi connectivity index (χ4v) is 4.67. The molecule has 170 valence electrons. The van der Waals surface area contributed by atoms with Crippen molar-refractivity contribution in [3.8, 4) is 11.4 Å². The normalized spacial score (nSPS) is 17.4. The number of nitrogens with zero attached hydrogens (tertiary/aromatic N) is 3. The number of methoxy groups -OCH3 is 1. The monoisotopic (exact) mass is 470 g/mol. The van der Waals surface area contributed by atoms with Gasteiger partial charge in [0.1, 0.15) is 11.8 Å². The predicted molar refractivity (Wildman–Crippen MR) is 133 cm³/mol. The standard InChI is InChI=1S/C26H22N4O3S/c1-33-25(32)17-11-13-18(14-12-17)29-16-6-9-21(29)24-23(19-7-4-5-15-27-19)28-26(34)30(24)20-8-2-3-10-22(20)31/h2-16,23-24,31H,1H3,(H,28,34). The number of para-hydroxylation sites is 2. The first kappa shape index (κ1) is 21.7. The van der Waals surface area contributed by atoms with E-state index in [1.807, 2.05) is 70.3 Å². The third kappa shape index (κ3) is 3.78. The minimum absolute atomic E-state index is 0.138. The summed E-state index contributed by atoms with van der Waals surface area (Å²) >= 11 is 5.74. The summed E-state index contributed by atoms with van der Waals surface area (Å²) in [7, 11) is 1.36. The Hall–Kier alpha value is -4.17. The van der Waals surface area contributed by atoms with Crippen LogP contribution in [0.3, 0.4) is 0 Å². The number of nitrogens with one attached hydrogen (secondary N) is 1. The largest absolute Gasteiger partial charge is 0.506 e. The molecule has 0 bridgehead atoms. The van der Waals surface area contributed by atoms with Gasteiger partial charge in [0.15, 0.2) is 5.11 Å². The molecule has 0 radical (unpaired) electrons. The van der Waals surface area contributed by atoms with Gasteiger partial charge >= 0.3 is 5.97 Å². The summed E-state index contributed by atoms with van der Waals surface area (Å²) in [5, 5.41) is 14.6. The van der Waals surface area contributed by atoms with Crippen LogP contribution in [0.5, 0.6) is 5.75 Å². The Morgan fingerprint density at radius 3 is 2.50 bits per heavy atom. The highest BCUT2D eigenvalue weighted by Gasteiger charge is 2.42. The van der Waals surface area contributed by atoms with Crippen LogP contribution in [-0.2, 0) is 4.74 Å². The Morgan fingerprint density at radius 1 is 1.03 bits per heavy atom. The van der Waals surface area contributed by atoms with E-state index in [2.05, 4.69) is 10.3 Å². The molecule has 2 aromatic carbocycles. The lowest BCUT2D eigenvalue weighted by Gasteiger charge is -2.29. The molecule has 5 rings (SSSR count). The van der Waals surface area contributed by atoms with Crippen molar-refractivity contribution in [3.05, 3.63) is 108 Å². The number of aromatic hydroxyl groups is 1. The van der Waals surface area contributed by atoms with Crippen LogP contribution in [-0.4, -0.2) is 32.8 Å². The molecule has 2 aromatic heterocycles. The lowest BCUT2D eigenvalue weighted by atomic mass is 10.0. The second-order valence-electron chi connectivity index (χ2n) is 7.83. The molecule has 1 saturated heterocycles. The fraction of sp³-hybridized carbons (Fsp3) is 0.115. The first-order valence-corrected chi connectivity index (χ1v) is 11.1. The van der Waals surface area contributed by atoms with E-state index in [0.29, 0.717) is 16.4 Å². The van der Waals surface area contributed by atoms with Gasteiger partial charge in [-0.2, -0.15) is 0 Å². The lowest BCUT2D eigenvalue weighted by Crippen LogP contribution is -2.30. The highest BCUT2D eigenvalue weighted by atomic mass is 32.1. The van der Waals surface area contributed by atoms with E-state index < -0.39 is 0 Å². The molecule has 7 nitrogen and oxygen atoms in total. The summed E-state index contributed by atoms with van der Waals surface area (Å²) in [5.74, 6) is -0.246. The lowest BCUT2D eigenvalue weighted by molar-refractivity contribution is 0.0600. The summed E-state index contributed by atoms with van der Waals surface area (Å²) < 4.78 is 6.86. The second kappa shape index (κ2) is 8.99. The van der Waals surface area contributed by atoms with Crippen molar-refractivity contribution in [1.82, 2.24) is 14.9 Å². The molecule has 2 atom stereocenters. The summed E-state index contributed by atoms with van der Waals surface area (Å²) in [5.41, 5.74) is 3.74. The highest BCUT2D eigenvalue weighted by molar-refractivity contribution is 7.80. The molecule has 4 aromatic rings. The zero-order valence-electron chi connectivity index (χ0n) is 18.3. The molecule has 3 heterocycles. The molecule has 1 aliphatic heterocycles. The van der Waals surface area contributed by atoms with Gasteiger partial charge in [-0.15, -0.1) is 0 Å². The highest BCUT2D eigenvalue weighted by Crippen LogP contribution is 2.44. The van der Waals surface area contributed by atoms with Gasteiger partial charge in [0, 0.05) is 23.8 Å². The van der Waals surface area contributed by atoms with Gasteiger partial charge in [0.05, 0.1) is 30.1 Å². The number of thiocarbonyl (C=S) groups is 1. The number of phenols is 1. The maximum absolute atomic E-state index is 11.9. The van der Waals surface area contributed by atoms with E-state index >= 15 is 0 Å². The number of hydrogen-bond donors (Lipinski definition) is 2. The Kier molecular flexibility index (Phi) is 5.73. The molecule has 0 aliphatic carbocycles. The number of carbonyl (C=O) groups excluding carboxylic acids is 1. The van der Waals surface area contributed by atoms with Gasteiger partial charge in [-0.25, -0.2) is 4.79 Å². The Morgan fingerprint density at radius 2 is 1.79 bits per heavy atom. The zero-order chi connectivity index (χ0) is 23.7. The molecule has 8 heteroatoms. The SMILES string of the molecule is COC(=O)c1ccc(-n2cccc2C2C(c3ccccn3)NC(=S)N2c2ccccc2O)cc1. The average Bonchev–Trinajstić information content (AvgIpc) is 3.49. The van der Waals surface area contributed by atoms with Crippen LogP contribution >= 0.6 is 12.2 Å². The molecule has 0 amide bonds. The van der Waals surface area contributed by atoms with Crippen molar-refractivity contribution < 1.29 is 14.6 Å². The van der Waals surface area contributed by atoms with Crippen molar-refractivity contribution in [3.63, 3.8) is 0 Å². The Bertz CT molecular complexity index is 1340. The number of hydrogen-bond acceptors (Lipinski definition) is 5. The van der Waals surface area contributed by atoms with Gasteiger partial charge in [0.25, 0.3) is 0 Å². The van der Waals surface area contributed by atoms with Crippen LogP contribution in [0.15, 0.2) is 91.3 Å². The first-order valence-electron chi connectivity index (χ1n) is 10.7. The quantitative estimate of drug-likeness (QED) is 0.327. The van der Waals surface area contributed by atoms with Crippen molar-refractivity contribution >= 4 is 29.0 Å². The van der Waals surface area contributed by atoms with Gasteiger partial charge < -0.3 is 24.6 Å². The number of benzene rings is 2. The van der Waals surface area contributed by atoms with Crippen LogP contribution in [0.4, 0.5) is 5.69 Å². The van der Waals surface area contributed by atoms with E-state index in [0.717, 1.165) is 17.1 Å². The van der Waals surface area contributed by atoms with E-state index in [1.54, 1.807) is 30.5 Å².